The second-order valence-corrected chi connectivity index (χ2v) is 4.29. The van der Waals surface area contributed by atoms with Crippen LogP contribution in [0.4, 0.5) is 8.78 Å². The van der Waals surface area contributed by atoms with Crippen LogP contribution in [0.2, 0.25) is 5.02 Å². The van der Waals surface area contributed by atoms with E-state index >= 15 is 0 Å². The minimum absolute atomic E-state index is 0.0515. The molecule has 0 aliphatic carbocycles. The summed E-state index contributed by atoms with van der Waals surface area (Å²) in [4.78, 5) is 1.47. The van der Waals surface area contributed by atoms with Gasteiger partial charge in [-0.1, -0.05) is 28.9 Å². The van der Waals surface area contributed by atoms with E-state index in [1.807, 2.05) is 0 Å². The maximum absolute atomic E-state index is 12.2. The maximum Gasteiger partial charge on any atom is 0.251 e. The van der Waals surface area contributed by atoms with E-state index in [9.17, 15) is 8.78 Å². The molecule has 0 radical (unpaired) electrons. The lowest BCUT2D eigenvalue weighted by atomic mass is 10.1. The third-order valence-corrected chi connectivity index (χ3v) is 2.70. The number of nitrogens with two attached hydrogens (primary N) is 1. The summed E-state index contributed by atoms with van der Waals surface area (Å²) in [6.07, 6.45) is -2.38. The molecule has 0 bridgehead atoms. The van der Waals surface area contributed by atoms with Crippen LogP contribution in [0.15, 0.2) is 23.4 Å². The topological polar surface area (TPSA) is 61.8 Å². The standard InChI is InChI=1S/C11H14ClF2N3O/c1-17(6-10(13)14)5-8-3-2-7(4-9(8)12)11(15)16-18/h2-4,10,18H,5-6H2,1H3,(H2,15,16). The molecular formula is C11H14ClF2N3O. The highest BCUT2D eigenvalue weighted by Crippen LogP contribution is 2.19. The van der Waals surface area contributed by atoms with Gasteiger partial charge in [0.2, 0.25) is 0 Å². The molecule has 0 saturated carbocycles. The Kier molecular flexibility index (Phi) is 5.30. The lowest BCUT2D eigenvalue weighted by molar-refractivity contribution is 0.0975. The molecule has 0 unspecified atom stereocenters. The first-order valence-corrected chi connectivity index (χ1v) is 5.55. The zero-order valence-corrected chi connectivity index (χ0v) is 10.5. The summed E-state index contributed by atoms with van der Waals surface area (Å²) in [7, 11) is 1.58. The van der Waals surface area contributed by atoms with Crippen LogP contribution in [0.3, 0.4) is 0 Å². The van der Waals surface area contributed by atoms with Crippen molar-refractivity contribution in [1.29, 1.82) is 0 Å². The zero-order valence-electron chi connectivity index (χ0n) is 9.78. The van der Waals surface area contributed by atoms with E-state index in [1.165, 1.54) is 11.0 Å². The van der Waals surface area contributed by atoms with Crippen LogP contribution in [-0.2, 0) is 6.54 Å². The fourth-order valence-corrected chi connectivity index (χ4v) is 1.72. The molecule has 1 aromatic carbocycles. The molecule has 0 amide bonds. The first-order valence-electron chi connectivity index (χ1n) is 5.17. The lowest BCUT2D eigenvalue weighted by Gasteiger charge is -2.17. The van der Waals surface area contributed by atoms with Crippen LogP contribution in [-0.4, -0.2) is 36.0 Å². The van der Waals surface area contributed by atoms with Crippen molar-refractivity contribution < 1.29 is 14.0 Å². The van der Waals surface area contributed by atoms with Crippen molar-refractivity contribution in [2.24, 2.45) is 10.9 Å². The molecular weight excluding hydrogens is 264 g/mol. The van der Waals surface area contributed by atoms with Crippen molar-refractivity contribution in [3.8, 4) is 0 Å². The number of nitrogens with zero attached hydrogens (tertiary/aromatic N) is 2. The van der Waals surface area contributed by atoms with Crippen LogP contribution >= 0.6 is 11.6 Å². The zero-order chi connectivity index (χ0) is 13.7. The van der Waals surface area contributed by atoms with E-state index in [0.717, 1.165) is 0 Å². The van der Waals surface area contributed by atoms with Gasteiger partial charge >= 0.3 is 0 Å². The molecule has 0 aliphatic heterocycles. The van der Waals surface area contributed by atoms with Gasteiger partial charge in [-0.2, -0.15) is 0 Å². The smallest absolute Gasteiger partial charge is 0.251 e. The van der Waals surface area contributed by atoms with E-state index in [1.54, 1.807) is 19.2 Å². The Morgan fingerprint density at radius 3 is 2.72 bits per heavy atom. The summed E-state index contributed by atoms with van der Waals surface area (Å²) >= 11 is 6.00. The fourth-order valence-electron chi connectivity index (χ4n) is 1.48. The van der Waals surface area contributed by atoms with Gasteiger partial charge in [0.1, 0.15) is 0 Å². The van der Waals surface area contributed by atoms with Gasteiger partial charge in [0.15, 0.2) is 5.84 Å². The lowest BCUT2D eigenvalue weighted by Crippen LogP contribution is -2.24. The molecule has 0 aliphatic rings. The second-order valence-electron chi connectivity index (χ2n) is 3.88. The third-order valence-electron chi connectivity index (χ3n) is 2.35. The van der Waals surface area contributed by atoms with Crippen LogP contribution < -0.4 is 5.73 Å². The predicted molar refractivity (Wildman–Crippen MR) is 66.3 cm³/mol. The van der Waals surface area contributed by atoms with Gasteiger partial charge in [0.25, 0.3) is 6.43 Å². The number of amidine groups is 1. The molecule has 0 heterocycles. The highest BCUT2D eigenvalue weighted by molar-refractivity contribution is 6.31. The van der Waals surface area contributed by atoms with Crippen molar-refractivity contribution in [3.05, 3.63) is 34.3 Å². The van der Waals surface area contributed by atoms with E-state index in [-0.39, 0.29) is 12.4 Å². The van der Waals surface area contributed by atoms with Crippen LogP contribution in [0.1, 0.15) is 11.1 Å². The Balaban J connectivity index is 2.80. The van der Waals surface area contributed by atoms with Gasteiger partial charge in [-0.05, 0) is 18.7 Å². The summed E-state index contributed by atoms with van der Waals surface area (Å²) < 4.78 is 24.3. The predicted octanol–water partition coefficient (Wildman–Crippen LogP) is 2.13. The van der Waals surface area contributed by atoms with E-state index in [0.29, 0.717) is 22.7 Å². The monoisotopic (exact) mass is 277 g/mol. The van der Waals surface area contributed by atoms with Crippen LogP contribution in [0.5, 0.6) is 0 Å². The number of benzene rings is 1. The van der Waals surface area contributed by atoms with Crippen molar-refractivity contribution in [2.45, 2.75) is 13.0 Å². The molecule has 100 valence electrons. The average molecular weight is 278 g/mol. The molecule has 0 fully saturated rings. The van der Waals surface area contributed by atoms with Crippen LogP contribution in [0.25, 0.3) is 0 Å². The quantitative estimate of drug-likeness (QED) is 0.375. The van der Waals surface area contributed by atoms with Crippen LogP contribution in [0, 0.1) is 0 Å². The molecule has 1 aromatic rings. The summed E-state index contributed by atoms with van der Waals surface area (Å²) in [5, 5.41) is 11.8. The molecule has 0 aromatic heterocycles. The van der Waals surface area contributed by atoms with E-state index in [4.69, 9.17) is 22.5 Å². The van der Waals surface area contributed by atoms with E-state index < -0.39 is 6.43 Å². The Bertz CT molecular complexity index is 440. The number of hydrogen-bond donors (Lipinski definition) is 2. The molecule has 18 heavy (non-hydrogen) atoms. The highest BCUT2D eigenvalue weighted by Gasteiger charge is 2.11. The second kappa shape index (κ2) is 6.51. The molecule has 7 heteroatoms. The number of alkyl halides is 2. The fraction of sp³-hybridized carbons (Fsp3) is 0.364. The van der Waals surface area contributed by atoms with Gasteiger partial charge in [0.05, 0.1) is 6.54 Å². The molecule has 0 saturated heterocycles. The van der Waals surface area contributed by atoms with Gasteiger partial charge < -0.3 is 10.9 Å². The average Bonchev–Trinajstić information content (AvgIpc) is 2.29. The Hall–Kier alpha value is -1.40. The summed E-state index contributed by atoms with van der Waals surface area (Å²) in [6, 6.07) is 4.81. The number of rotatable bonds is 5. The van der Waals surface area contributed by atoms with Gasteiger partial charge in [0, 0.05) is 17.1 Å². The molecule has 0 atom stereocenters. The highest BCUT2D eigenvalue weighted by atomic mass is 35.5. The Morgan fingerprint density at radius 2 is 2.22 bits per heavy atom. The SMILES string of the molecule is CN(Cc1ccc(/C(N)=N/O)cc1Cl)CC(F)F. The van der Waals surface area contributed by atoms with Crippen molar-refractivity contribution in [3.63, 3.8) is 0 Å². The molecule has 1 rings (SSSR count). The van der Waals surface area contributed by atoms with Crippen molar-refractivity contribution in [2.75, 3.05) is 13.6 Å². The van der Waals surface area contributed by atoms with Crippen molar-refractivity contribution >= 4 is 17.4 Å². The molecule has 3 N–H and O–H groups in total. The van der Waals surface area contributed by atoms with Gasteiger partial charge in [-0.15, -0.1) is 0 Å². The Morgan fingerprint density at radius 1 is 1.56 bits per heavy atom. The Labute approximate surface area is 109 Å². The summed E-state index contributed by atoms with van der Waals surface area (Å²) in [5.41, 5.74) is 6.59. The molecule has 4 nitrogen and oxygen atoms in total. The summed E-state index contributed by atoms with van der Waals surface area (Å²) in [5.74, 6) is -0.0515. The summed E-state index contributed by atoms with van der Waals surface area (Å²) in [6.45, 7) is -0.0159. The van der Waals surface area contributed by atoms with Gasteiger partial charge in [-0.3, -0.25) is 4.90 Å². The van der Waals surface area contributed by atoms with E-state index in [2.05, 4.69) is 5.16 Å². The third kappa shape index (κ3) is 4.12. The molecule has 0 spiro atoms. The number of halogens is 3. The first kappa shape index (κ1) is 14.7. The number of oxime groups is 1. The first-order chi connectivity index (χ1) is 8.43. The normalized spacial score (nSPS) is 12.4. The number of hydrogen-bond acceptors (Lipinski definition) is 3. The largest absolute Gasteiger partial charge is 0.409 e. The van der Waals surface area contributed by atoms with Gasteiger partial charge in [-0.25, -0.2) is 8.78 Å². The van der Waals surface area contributed by atoms with Crippen molar-refractivity contribution in [1.82, 2.24) is 4.90 Å². The minimum Gasteiger partial charge on any atom is -0.409 e. The minimum atomic E-state index is -2.38. The maximum atomic E-state index is 12.2.